The number of para-hydroxylation sites is 1. The van der Waals surface area contributed by atoms with Crippen LogP contribution in [-0.2, 0) is 0 Å². The summed E-state index contributed by atoms with van der Waals surface area (Å²) in [7, 11) is 0. The number of nitriles is 1. The molecular formula is C15H12INOS. The number of ether oxygens (including phenoxy) is 1. The fourth-order valence-electron chi connectivity index (χ4n) is 1.50. The van der Waals surface area contributed by atoms with Crippen molar-refractivity contribution in [1.82, 2.24) is 0 Å². The van der Waals surface area contributed by atoms with E-state index in [4.69, 9.17) is 10.00 Å². The molecule has 2 aromatic rings. The number of benzene rings is 2. The van der Waals surface area contributed by atoms with Gasteiger partial charge in [0, 0.05) is 10.6 Å². The second-order valence-corrected chi connectivity index (χ2v) is 6.09. The summed E-state index contributed by atoms with van der Waals surface area (Å²) in [5.41, 5.74) is 0.694. The Kier molecular flexibility index (Phi) is 5.55. The minimum absolute atomic E-state index is 0.671. The van der Waals surface area contributed by atoms with Gasteiger partial charge in [0.1, 0.15) is 5.75 Å². The lowest BCUT2D eigenvalue weighted by atomic mass is 10.2. The quantitative estimate of drug-likeness (QED) is 0.439. The molecule has 0 bridgehead atoms. The lowest BCUT2D eigenvalue weighted by Gasteiger charge is -2.07. The van der Waals surface area contributed by atoms with Gasteiger partial charge < -0.3 is 4.74 Å². The zero-order chi connectivity index (χ0) is 13.5. The van der Waals surface area contributed by atoms with Crippen molar-refractivity contribution in [2.75, 3.05) is 12.4 Å². The van der Waals surface area contributed by atoms with Gasteiger partial charge in [-0.1, -0.05) is 12.1 Å². The summed E-state index contributed by atoms with van der Waals surface area (Å²) < 4.78 is 6.85. The van der Waals surface area contributed by atoms with Crippen LogP contribution in [0.5, 0.6) is 5.75 Å². The van der Waals surface area contributed by atoms with Crippen molar-refractivity contribution < 1.29 is 4.74 Å². The van der Waals surface area contributed by atoms with Crippen molar-refractivity contribution in [2.24, 2.45) is 0 Å². The third-order valence-corrected chi connectivity index (χ3v) is 4.30. The Bertz CT molecular complexity index is 577. The van der Waals surface area contributed by atoms with Crippen LogP contribution in [0.15, 0.2) is 53.4 Å². The van der Waals surface area contributed by atoms with Crippen molar-refractivity contribution in [3.05, 3.63) is 57.7 Å². The zero-order valence-electron chi connectivity index (χ0n) is 10.2. The van der Waals surface area contributed by atoms with Crippen LogP contribution in [0.4, 0.5) is 0 Å². The first kappa shape index (κ1) is 14.2. The summed E-state index contributed by atoms with van der Waals surface area (Å²) >= 11 is 4.00. The molecule has 4 heteroatoms. The highest BCUT2D eigenvalue weighted by Crippen LogP contribution is 2.21. The predicted octanol–water partition coefficient (Wildman–Crippen LogP) is 4.33. The molecule has 96 valence electrons. The van der Waals surface area contributed by atoms with Gasteiger partial charge in [-0.05, 0) is 59.0 Å². The van der Waals surface area contributed by atoms with Crippen LogP contribution in [-0.4, -0.2) is 12.4 Å². The smallest absolute Gasteiger partial charge is 0.132 e. The molecule has 0 aliphatic heterocycles. The van der Waals surface area contributed by atoms with Crippen LogP contribution >= 0.6 is 34.4 Å². The first-order chi connectivity index (χ1) is 9.29. The van der Waals surface area contributed by atoms with E-state index in [1.54, 1.807) is 11.8 Å². The molecule has 0 saturated heterocycles. The topological polar surface area (TPSA) is 33.0 Å². The molecule has 0 radical (unpaired) electrons. The first-order valence-electron chi connectivity index (χ1n) is 5.80. The number of hydrogen-bond donors (Lipinski definition) is 0. The van der Waals surface area contributed by atoms with E-state index in [2.05, 4.69) is 28.7 Å². The van der Waals surface area contributed by atoms with Crippen LogP contribution < -0.4 is 4.74 Å². The van der Waals surface area contributed by atoms with E-state index in [9.17, 15) is 0 Å². The molecule has 2 nitrogen and oxygen atoms in total. The average molecular weight is 381 g/mol. The third-order valence-electron chi connectivity index (χ3n) is 2.43. The van der Waals surface area contributed by atoms with Gasteiger partial charge in [0.25, 0.3) is 0 Å². The Morgan fingerprint density at radius 1 is 1.11 bits per heavy atom. The Balaban J connectivity index is 1.78. The molecule has 2 aromatic carbocycles. The highest BCUT2D eigenvalue weighted by Gasteiger charge is 1.99. The van der Waals surface area contributed by atoms with E-state index in [0.29, 0.717) is 12.2 Å². The molecule has 2 rings (SSSR count). The van der Waals surface area contributed by atoms with Gasteiger partial charge in [0.2, 0.25) is 0 Å². The van der Waals surface area contributed by atoms with Gasteiger partial charge in [0.15, 0.2) is 0 Å². The van der Waals surface area contributed by atoms with Crippen LogP contribution in [0.25, 0.3) is 0 Å². The van der Waals surface area contributed by atoms with Crippen LogP contribution in [0.2, 0.25) is 0 Å². The van der Waals surface area contributed by atoms with E-state index in [-0.39, 0.29) is 0 Å². The third kappa shape index (κ3) is 4.44. The molecule has 0 saturated carbocycles. The van der Waals surface area contributed by atoms with Crippen molar-refractivity contribution in [1.29, 1.82) is 5.26 Å². The molecule has 0 atom stereocenters. The van der Waals surface area contributed by atoms with Gasteiger partial charge in [0.05, 0.1) is 21.8 Å². The van der Waals surface area contributed by atoms with Crippen molar-refractivity contribution in [2.45, 2.75) is 4.90 Å². The maximum Gasteiger partial charge on any atom is 0.132 e. The summed E-state index contributed by atoms with van der Waals surface area (Å²) in [6.07, 6.45) is 0. The van der Waals surface area contributed by atoms with Crippen LogP contribution in [0.3, 0.4) is 0 Å². The van der Waals surface area contributed by atoms with Crippen molar-refractivity contribution >= 4 is 34.4 Å². The SMILES string of the molecule is N#Cc1ccc(SCCOc2ccccc2I)cc1. The number of nitrogens with zero attached hydrogens (tertiary/aromatic N) is 1. The van der Waals surface area contributed by atoms with Crippen LogP contribution in [0, 0.1) is 14.9 Å². The summed E-state index contributed by atoms with van der Waals surface area (Å²) in [5, 5.41) is 8.72. The number of hydrogen-bond acceptors (Lipinski definition) is 3. The molecule has 19 heavy (non-hydrogen) atoms. The molecule has 0 aliphatic carbocycles. The fourth-order valence-corrected chi connectivity index (χ4v) is 2.77. The summed E-state index contributed by atoms with van der Waals surface area (Å²) in [4.78, 5) is 1.16. The predicted molar refractivity (Wildman–Crippen MR) is 86.5 cm³/mol. The Labute approximate surface area is 130 Å². The molecule has 0 aromatic heterocycles. The van der Waals surface area contributed by atoms with E-state index in [1.807, 2.05) is 48.5 Å². The average Bonchev–Trinajstić information content (AvgIpc) is 2.46. The largest absolute Gasteiger partial charge is 0.492 e. The van der Waals surface area contributed by atoms with E-state index < -0.39 is 0 Å². The molecular weight excluding hydrogens is 369 g/mol. The van der Waals surface area contributed by atoms with Crippen LogP contribution in [0.1, 0.15) is 5.56 Å². The molecule has 0 amide bonds. The standard InChI is InChI=1S/C15H12INOS/c16-14-3-1-2-4-15(14)18-9-10-19-13-7-5-12(11-17)6-8-13/h1-8H,9-10H2. The second-order valence-electron chi connectivity index (χ2n) is 3.76. The number of rotatable bonds is 5. The normalized spacial score (nSPS) is 9.89. The van der Waals surface area contributed by atoms with Gasteiger partial charge in [-0.2, -0.15) is 5.26 Å². The zero-order valence-corrected chi connectivity index (χ0v) is 13.1. The highest BCUT2D eigenvalue weighted by atomic mass is 127. The number of halogens is 1. The van der Waals surface area contributed by atoms with Gasteiger partial charge in [-0.3, -0.25) is 0 Å². The molecule has 0 aliphatic rings. The second kappa shape index (κ2) is 7.41. The Hall–Kier alpha value is -1.19. The molecule has 0 spiro atoms. The molecule has 0 fully saturated rings. The lowest BCUT2D eigenvalue weighted by Crippen LogP contribution is -2.01. The highest BCUT2D eigenvalue weighted by molar-refractivity contribution is 14.1. The minimum Gasteiger partial charge on any atom is -0.492 e. The molecule has 0 unspecified atom stereocenters. The summed E-state index contributed by atoms with van der Waals surface area (Å²) in [6.45, 7) is 0.671. The first-order valence-corrected chi connectivity index (χ1v) is 7.86. The number of thioether (sulfide) groups is 1. The Morgan fingerprint density at radius 2 is 1.84 bits per heavy atom. The maximum absolute atomic E-state index is 8.72. The van der Waals surface area contributed by atoms with E-state index >= 15 is 0 Å². The molecule has 0 N–H and O–H groups in total. The monoisotopic (exact) mass is 381 g/mol. The van der Waals surface area contributed by atoms with Gasteiger partial charge in [-0.15, -0.1) is 11.8 Å². The van der Waals surface area contributed by atoms with E-state index in [1.165, 1.54) is 0 Å². The lowest BCUT2D eigenvalue weighted by molar-refractivity contribution is 0.341. The maximum atomic E-state index is 8.72. The van der Waals surface area contributed by atoms with Gasteiger partial charge >= 0.3 is 0 Å². The summed E-state index contributed by atoms with van der Waals surface area (Å²) in [5.74, 6) is 1.82. The Morgan fingerprint density at radius 3 is 2.53 bits per heavy atom. The van der Waals surface area contributed by atoms with Crippen molar-refractivity contribution in [3.63, 3.8) is 0 Å². The summed E-state index contributed by atoms with van der Waals surface area (Å²) in [6, 6.07) is 17.7. The minimum atomic E-state index is 0.671. The van der Waals surface area contributed by atoms with Gasteiger partial charge in [-0.25, -0.2) is 0 Å². The molecule has 0 heterocycles. The van der Waals surface area contributed by atoms with Crippen molar-refractivity contribution in [3.8, 4) is 11.8 Å². The van der Waals surface area contributed by atoms with E-state index in [0.717, 1.165) is 20.0 Å². The fraction of sp³-hybridized carbons (Fsp3) is 0.133.